The SMILES string of the molecule is CCCC[C@H](I)C[C@@](F)(OC(F)(F)C(F)(F)C(F)(F)F)C(F)(F)F. The first-order valence-electron chi connectivity index (χ1n) is 6.33. The first-order valence-corrected chi connectivity index (χ1v) is 7.58. The minimum Gasteiger partial charge on any atom is -0.269 e. The summed E-state index contributed by atoms with van der Waals surface area (Å²) in [4.78, 5) is 0. The first-order chi connectivity index (χ1) is 10.4. The molecule has 0 unspecified atom stereocenters. The number of hydrogen-bond donors (Lipinski definition) is 0. The predicted octanol–water partition coefficient (Wildman–Crippen LogP) is 6.41. The van der Waals surface area contributed by atoms with Gasteiger partial charge in [-0.15, -0.1) is 0 Å². The van der Waals surface area contributed by atoms with Crippen LogP contribution in [0.4, 0.5) is 48.3 Å². The number of ether oxygens (including phenoxy) is 1. The Labute approximate surface area is 143 Å². The normalized spacial score (nSPS) is 18.4. The molecular weight excluding hydrogens is 484 g/mol. The van der Waals surface area contributed by atoms with Gasteiger partial charge in [-0.2, -0.15) is 43.9 Å². The standard InChI is InChI=1S/C11H12F11IO/c1-2-3-4-6(23)5-7(12,9(15,16)17)24-11(21,22)8(13,14)10(18,19)20/h6H,2-5H2,1H3/t6-,7+/m0/s1. The molecule has 13 heteroatoms. The summed E-state index contributed by atoms with van der Waals surface area (Å²) in [6.07, 6.45) is -21.2. The number of hydrogen-bond acceptors (Lipinski definition) is 1. The van der Waals surface area contributed by atoms with E-state index in [2.05, 4.69) is 4.74 Å². The van der Waals surface area contributed by atoms with Gasteiger partial charge in [0.05, 0.1) is 0 Å². The van der Waals surface area contributed by atoms with Crippen LogP contribution in [0.2, 0.25) is 0 Å². The third kappa shape index (κ3) is 5.46. The van der Waals surface area contributed by atoms with Crippen LogP contribution in [-0.2, 0) is 4.74 Å². The van der Waals surface area contributed by atoms with Gasteiger partial charge in [-0.1, -0.05) is 42.4 Å². The summed E-state index contributed by atoms with van der Waals surface area (Å²) in [6, 6.07) is 0. The van der Waals surface area contributed by atoms with Crippen molar-refractivity contribution < 1.29 is 53.0 Å². The third-order valence-corrected chi connectivity index (χ3v) is 3.85. The van der Waals surface area contributed by atoms with E-state index in [4.69, 9.17) is 0 Å². The van der Waals surface area contributed by atoms with Crippen LogP contribution in [-0.4, -0.2) is 34.2 Å². The van der Waals surface area contributed by atoms with Crippen LogP contribution < -0.4 is 0 Å². The fourth-order valence-corrected chi connectivity index (χ4v) is 2.47. The van der Waals surface area contributed by atoms with Gasteiger partial charge in [0, 0.05) is 10.3 Å². The van der Waals surface area contributed by atoms with E-state index in [1.54, 1.807) is 6.92 Å². The van der Waals surface area contributed by atoms with Gasteiger partial charge in [0.1, 0.15) is 0 Å². The van der Waals surface area contributed by atoms with E-state index in [1.165, 1.54) is 22.6 Å². The minimum absolute atomic E-state index is 0.108. The molecule has 0 aromatic heterocycles. The van der Waals surface area contributed by atoms with Crippen LogP contribution in [0.5, 0.6) is 0 Å². The zero-order valence-corrected chi connectivity index (χ0v) is 14.0. The molecule has 0 N–H and O–H groups in total. The largest absolute Gasteiger partial charge is 0.462 e. The second-order valence-corrected chi connectivity index (χ2v) is 6.62. The Bertz CT molecular complexity index is 406. The molecule has 0 spiro atoms. The molecule has 0 aliphatic carbocycles. The molecule has 0 rings (SSSR count). The van der Waals surface area contributed by atoms with E-state index < -0.39 is 40.6 Å². The maximum absolute atomic E-state index is 13.9. The molecular formula is C11H12F11IO. The molecule has 0 aromatic rings. The molecule has 24 heavy (non-hydrogen) atoms. The Kier molecular flexibility index (Phi) is 7.63. The Morgan fingerprint density at radius 2 is 1.29 bits per heavy atom. The summed E-state index contributed by atoms with van der Waals surface area (Å²) in [5.41, 5.74) is 0. The quantitative estimate of drug-likeness (QED) is 0.215. The molecule has 0 aliphatic rings. The molecule has 0 amide bonds. The lowest BCUT2D eigenvalue weighted by molar-refractivity contribution is -0.483. The molecule has 0 heterocycles. The van der Waals surface area contributed by atoms with Gasteiger partial charge in [-0.05, 0) is 6.42 Å². The van der Waals surface area contributed by atoms with Crippen LogP contribution in [0, 0.1) is 0 Å². The second kappa shape index (κ2) is 7.66. The molecule has 0 bridgehead atoms. The van der Waals surface area contributed by atoms with Crippen molar-refractivity contribution in [1.82, 2.24) is 0 Å². The van der Waals surface area contributed by atoms with Crippen molar-refractivity contribution in [2.75, 3.05) is 0 Å². The number of alkyl halides is 12. The van der Waals surface area contributed by atoms with E-state index in [0.717, 1.165) is 0 Å². The number of halogens is 12. The monoisotopic (exact) mass is 496 g/mol. The molecule has 0 aliphatic heterocycles. The highest BCUT2D eigenvalue weighted by Gasteiger charge is 2.78. The highest BCUT2D eigenvalue weighted by Crippen LogP contribution is 2.52. The Balaban J connectivity index is 5.57. The fourth-order valence-electron chi connectivity index (χ4n) is 1.46. The molecule has 2 atom stereocenters. The highest BCUT2D eigenvalue weighted by molar-refractivity contribution is 14.1. The van der Waals surface area contributed by atoms with Crippen LogP contribution in [0.25, 0.3) is 0 Å². The van der Waals surface area contributed by atoms with Crippen molar-refractivity contribution in [2.45, 2.75) is 66.8 Å². The van der Waals surface area contributed by atoms with Crippen molar-refractivity contribution in [1.29, 1.82) is 0 Å². The summed E-state index contributed by atoms with van der Waals surface area (Å²) in [5.74, 6) is -12.4. The van der Waals surface area contributed by atoms with Crippen LogP contribution in [0.3, 0.4) is 0 Å². The van der Waals surface area contributed by atoms with Crippen LogP contribution in [0.15, 0.2) is 0 Å². The Hall–Kier alpha value is -0.0800. The number of rotatable bonds is 8. The first kappa shape index (κ1) is 23.9. The second-order valence-electron chi connectivity index (χ2n) is 4.86. The maximum Gasteiger partial charge on any atom is 0.462 e. The smallest absolute Gasteiger partial charge is 0.269 e. The summed E-state index contributed by atoms with van der Waals surface area (Å²) < 4.78 is 140. The molecule has 0 aromatic carbocycles. The van der Waals surface area contributed by atoms with E-state index in [-0.39, 0.29) is 12.8 Å². The average molecular weight is 496 g/mol. The van der Waals surface area contributed by atoms with Crippen LogP contribution in [0.1, 0.15) is 32.6 Å². The van der Waals surface area contributed by atoms with Crippen molar-refractivity contribution in [3.63, 3.8) is 0 Å². The van der Waals surface area contributed by atoms with Crippen molar-refractivity contribution in [3.05, 3.63) is 0 Å². The van der Waals surface area contributed by atoms with E-state index >= 15 is 0 Å². The molecule has 1 nitrogen and oxygen atoms in total. The topological polar surface area (TPSA) is 9.23 Å². The third-order valence-electron chi connectivity index (χ3n) is 2.79. The summed E-state index contributed by atoms with van der Waals surface area (Å²) >= 11 is 1.24. The maximum atomic E-state index is 13.9. The molecule has 0 radical (unpaired) electrons. The van der Waals surface area contributed by atoms with Crippen molar-refractivity contribution in [2.24, 2.45) is 0 Å². The van der Waals surface area contributed by atoms with E-state index in [1.807, 2.05) is 0 Å². The highest BCUT2D eigenvalue weighted by atomic mass is 127. The van der Waals surface area contributed by atoms with E-state index in [9.17, 15) is 48.3 Å². The lowest BCUT2D eigenvalue weighted by Gasteiger charge is -2.35. The molecule has 0 saturated heterocycles. The summed E-state index contributed by atoms with van der Waals surface area (Å²) in [7, 11) is 0. The Morgan fingerprint density at radius 1 is 0.833 bits per heavy atom. The minimum atomic E-state index is -7.01. The lowest BCUT2D eigenvalue weighted by Crippen LogP contribution is -2.59. The number of unbranched alkanes of at least 4 members (excludes halogenated alkanes) is 1. The average Bonchev–Trinajstić information content (AvgIpc) is 2.32. The Morgan fingerprint density at radius 3 is 1.62 bits per heavy atom. The zero-order chi connectivity index (χ0) is 19.6. The van der Waals surface area contributed by atoms with Gasteiger partial charge in [0.15, 0.2) is 0 Å². The predicted molar refractivity (Wildman–Crippen MR) is 68.9 cm³/mol. The van der Waals surface area contributed by atoms with Gasteiger partial charge in [0.2, 0.25) is 0 Å². The molecule has 0 fully saturated rings. The lowest BCUT2D eigenvalue weighted by atomic mass is 10.1. The van der Waals surface area contributed by atoms with Gasteiger partial charge in [-0.3, -0.25) is 4.74 Å². The van der Waals surface area contributed by atoms with Crippen molar-refractivity contribution in [3.8, 4) is 0 Å². The zero-order valence-electron chi connectivity index (χ0n) is 11.8. The van der Waals surface area contributed by atoms with E-state index in [0.29, 0.717) is 6.42 Å². The van der Waals surface area contributed by atoms with Gasteiger partial charge in [-0.25, -0.2) is 4.39 Å². The van der Waals surface area contributed by atoms with Gasteiger partial charge in [0.25, 0.3) is 0 Å². The van der Waals surface area contributed by atoms with Crippen molar-refractivity contribution >= 4 is 22.6 Å². The van der Waals surface area contributed by atoms with Gasteiger partial charge < -0.3 is 0 Å². The van der Waals surface area contributed by atoms with Gasteiger partial charge >= 0.3 is 30.2 Å². The molecule has 0 saturated carbocycles. The summed E-state index contributed by atoms with van der Waals surface area (Å²) in [5, 5.41) is 0. The van der Waals surface area contributed by atoms with Crippen LogP contribution >= 0.6 is 22.6 Å². The summed E-state index contributed by atoms with van der Waals surface area (Å²) in [6.45, 7) is 1.62. The fraction of sp³-hybridized carbons (Fsp3) is 1.00. The molecule has 146 valence electrons.